The Labute approximate surface area is 191 Å². The zero-order valence-corrected chi connectivity index (χ0v) is 21.1. The van der Waals surface area contributed by atoms with Crippen molar-refractivity contribution in [3.8, 4) is 22.3 Å². The maximum Gasteiger partial charge on any atom is 0.131 e. The molecule has 0 nitrogen and oxygen atoms in total. The van der Waals surface area contributed by atoms with Crippen LogP contribution in [0.4, 0.5) is 4.39 Å². The zero-order valence-electron chi connectivity index (χ0n) is 21.1. The summed E-state index contributed by atoms with van der Waals surface area (Å²) in [5.74, 6) is -0.168. The molecule has 0 heterocycles. The second-order valence-electron chi connectivity index (χ2n) is 6.59. The normalized spacial score (nSPS) is 9.32. The predicted molar refractivity (Wildman–Crippen MR) is 139 cm³/mol. The van der Waals surface area contributed by atoms with E-state index >= 15 is 0 Å². The quantitative estimate of drug-likeness (QED) is 0.370. The maximum atomic E-state index is 14.7. The molecule has 0 aliphatic heterocycles. The highest BCUT2D eigenvalue weighted by Gasteiger charge is 2.08. The molecule has 0 saturated heterocycles. The van der Waals surface area contributed by atoms with Gasteiger partial charge < -0.3 is 0 Å². The average Bonchev–Trinajstić information content (AvgIpc) is 2.84. The van der Waals surface area contributed by atoms with E-state index in [1.165, 1.54) is 11.1 Å². The highest BCUT2D eigenvalue weighted by molar-refractivity contribution is 5.71. The van der Waals surface area contributed by atoms with Gasteiger partial charge in [-0.3, -0.25) is 0 Å². The molecule has 0 aliphatic carbocycles. The van der Waals surface area contributed by atoms with Gasteiger partial charge in [0.25, 0.3) is 0 Å². The Hall–Kier alpha value is -2.41. The van der Waals surface area contributed by atoms with Crippen molar-refractivity contribution in [2.24, 2.45) is 0 Å². The minimum Gasteiger partial charge on any atom is -0.206 e. The third-order valence-corrected chi connectivity index (χ3v) is 4.60. The molecule has 3 aromatic rings. The Morgan fingerprint density at radius 2 is 0.903 bits per heavy atom. The number of hydrogen-bond donors (Lipinski definition) is 0. The molecular formula is C30H43F. The topological polar surface area (TPSA) is 0 Å². The van der Waals surface area contributed by atoms with Crippen molar-refractivity contribution in [3.63, 3.8) is 0 Å². The lowest BCUT2D eigenvalue weighted by Gasteiger charge is -2.09. The van der Waals surface area contributed by atoms with Crippen molar-refractivity contribution in [3.05, 3.63) is 83.7 Å². The van der Waals surface area contributed by atoms with Crippen LogP contribution in [0.1, 0.15) is 79.4 Å². The molecule has 0 unspecified atom stereocenters. The first-order valence-corrected chi connectivity index (χ1v) is 12.2. The van der Waals surface area contributed by atoms with Crippen LogP contribution in [0.3, 0.4) is 0 Å². The fraction of sp³-hybridized carbons (Fsp3) is 0.400. The number of halogens is 1. The monoisotopic (exact) mass is 422 g/mol. The summed E-state index contributed by atoms with van der Waals surface area (Å²) in [5, 5.41) is 0. The van der Waals surface area contributed by atoms with Crippen LogP contribution in [0.25, 0.3) is 22.3 Å². The molecule has 170 valence electrons. The van der Waals surface area contributed by atoms with Gasteiger partial charge in [0.15, 0.2) is 0 Å². The van der Waals surface area contributed by atoms with E-state index in [9.17, 15) is 4.39 Å². The molecule has 0 atom stereocenters. The van der Waals surface area contributed by atoms with E-state index in [0.717, 1.165) is 42.4 Å². The molecule has 0 aromatic heterocycles. The van der Waals surface area contributed by atoms with Crippen LogP contribution >= 0.6 is 0 Å². The smallest absolute Gasteiger partial charge is 0.131 e. The molecule has 3 rings (SSSR count). The third-order valence-electron chi connectivity index (χ3n) is 4.60. The van der Waals surface area contributed by atoms with Gasteiger partial charge in [0.2, 0.25) is 0 Å². The first-order valence-electron chi connectivity index (χ1n) is 12.2. The summed E-state index contributed by atoms with van der Waals surface area (Å²) in [5.41, 5.74) is 6.21. The lowest BCUT2D eigenvalue weighted by atomic mass is 9.97. The van der Waals surface area contributed by atoms with Crippen molar-refractivity contribution in [1.29, 1.82) is 0 Å². The standard InChI is InChI=1S/C24H25F.3C2H6/c1-3-5-18-7-11-20(12-8-18)22-15-16-23(24(25)17-22)21-13-9-19(6-4-2)10-14-21;3*1-2/h7-17H,3-6H2,1-2H3;3*1-2H3. The average molecular weight is 423 g/mol. The molecule has 0 spiro atoms. The van der Waals surface area contributed by atoms with Crippen molar-refractivity contribution >= 4 is 0 Å². The van der Waals surface area contributed by atoms with Crippen LogP contribution in [-0.4, -0.2) is 0 Å². The van der Waals surface area contributed by atoms with Crippen LogP contribution in [0.15, 0.2) is 66.7 Å². The first-order chi connectivity index (χ1) is 15.2. The Morgan fingerprint density at radius 1 is 0.516 bits per heavy atom. The summed E-state index contributed by atoms with van der Waals surface area (Å²) in [4.78, 5) is 0. The molecule has 0 N–H and O–H groups in total. The molecule has 0 fully saturated rings. The molecule has 0 aliphatic rings. The number of hydrogen-bond acceptors (Lipinski definition) is 0. The summed E-state index contributed by atoms with van der Waals surface area (Å²) in [6.45, 7) is 16.3. The summed E-state index contributed by atoms with van der Waals surface area (Å²) in [7, 11) is 0. The second-order valence-corrected chi connectivity index (χ2v) is 6.59. The molecule has 3 aromatic carbocycles. The lowest BCUT2D eigenvalue weighted by Crippen LogP contribution is -1.89. The van der Waals surface area contributed by atoms with Gasteiger partial charge in [-0.05, 0) is 46.7 Å². The molecule has 1 heteroatoms. The van der Waals surface area contributed by atoms with Crippen LogP contribution < -0.4 is 0 Å². The van der Waals surface area contributed by atoms with E-state index in [-0.39, 0.29) is 5.82 Å². The number of aryl methyl sites for hydroxylation is 2. The minimum absolute atomic E-state index is 0.168. The van der Waals surface area contributed by atoms with Crippen molar-refractivity contribution in [1.82, 2.24) is 0 Å². The van der Waals surface area contributed by atoms with E-state index in [1.54, 1.807) is 6.07 Å². The van der Waals surface area contributed by atoms with E-state index < -0.39 is 0 Å². The Bertz CT molecular complexity index is 814. The van der Waals surface area contributed by atoms with Gasteiger partial charge in [-0.25, -0.2) is 4.39 Å². The third kappa shape index (κ3) is 9.09. The van der Waals surface area contributed by atoms with Crippen LogP contribution in [0.5, 0.6) is 0 Å². The fourth-order valence-corrected chi connectivity index (χ4v) is 3.22. The number of benzene rings is 3. The Kier molecular flexibility index (Phi) is 15.9. The minimum atomic E-state index is -0.168. The maximum absolute atomic E-state index is 14.7. The van der Waals surface area contributed by atoms with Gasteiger partial charge in [-0.2, -0.15) is 0 Å². The van der Waals surface area contributed by atoms with Crippen LogP contribution in [0.2, 0.25) is 0 Å². The van der Waals surface area contributed by atoms with E-state index in [2.05, 4.69) is 50.2 Å². The van der Waals surface area contributed by atoms with Crippen molar-refractivity contribution < 1.29 is 4.39 Å². The van der Waals surface area contributed by atoms with Crippen molar-refractivity contribution in [2.75, 3.05) is 0 Å². The van der Waals surface area contributed by atoms with Gasteiger partial charge in [-0.15, -0.1) is 0 Å². The van der Waals surface area contributed by atoms with Gasteiger partial charge in [0.05, 0.1) is 0 Å². The summed E-state index contributed by atoms with van der Waals surface area (Å²) < 4.78 is 14.7. The van der Waals surface area contributed by atoms with Gasteiger partial charge in [-0.1, -0.05) is 129 Å². The molecule has 0 bridgehead atoms. The van der Waals surface area contributed by atoms with Gasteiger partial charge in [0, 0.05) is 5.56 Å². The molecular weight excluding hydrogens is 379 g/mol. The Morgan fingerprint density at radius 3 is 1.29 bits per heavy atom. The molecule has 0 saturated carbocycles. The highest BCUT2D eigenvalue weighted by atomic mass is 19.1. The molecule has 0 amide bonds. The van der Waals surface area contributed by atoms with Crippen molar-refractivity contribution in [2.45, 2.75) is 81.1 Å². The molecule has 0 radical (unpaired) electrons. The first kappa shape index (κ1) is 28.6. The van der Waals surface area contributed by atoms with Gasteiger partial charge >= 0.3 is 0 Å². The number of rotatable bonds is 6. The van der Waals surface area contributed by atoms with Gasteiger partial charge in [0.1, 0.15) is 5.82 Å². The van der Waals surface area contributed by atoms with Crippen LogP contribution in [-0.2, 0) is 12.8 Å². The Balaban J connectivity index is 0.00000138. The lowest BCUT2D eigenvalue weighted by molar-refractivity contribution is 0.632. The van der Waals surface area contributed by atoms with E-state index in [4.69, 9.17) is 0 Å². The largest absolute Gasteiger partial charge is 0.206 e. The summed E-state index contributed by atoms with van der Waals surface area (Å²) in [6, 6.07) is 22.2. The summed E-state index contributed by atoms with van der Waals surface area (Å²) >= 11 is 0. The summed E-state index contributed by atoms with van der Waals surface area (Å²) in [6.07, 6.45) is 4.41. The second kappa shape index (κ2) is 17.3. The van der Waals surface area contributed by atoms with Crippen LogP contribution in [0, 0.1) is 5.82 Å². The predicted octanol–water partition coefficient (Wildman–Crippen LogP) is 10.1. The van der Waals surface area contributed by atoms with E-state index in [1.807, 2.05) is 65.8 Å². The highest BCUT2D eigenvalue weighted by Crippen LogP contribution is 2.28. The van der Waals surface area contributed by atoms with E-state index in [0.29, 0.717) is 5.56 Å². The SMILES string of the molecule is CC.CC.CC.CCCc1ccc(-c2ccc(-c3ccc(CCC)cc3)c(F)c2)cc1. The zero-order chi connectivity index (χ0) is 23.6. The fourth-order valence-electron chi connectivity index (χ4n) is 3.22. The molecule has 31 heavy (non-hydrogen) atoms.